The van der Waals surface area contributed by atoms with E-state index in [1.54, 1.807) is 24.3 Å². The van der Waals surface area contributed by atoms with Crippen LogP contribution < -0.4 is 16.0 Å². The molecule has 148 valence electrons. The van der Waals surface area contributed by atoms with E-state index < -0.39 is 11.9 Å². The van der Waals surface area contributed by atoms with Crippen LogP contribution in [-0.2, 0) is 16.0 Å². The zero-order chi connectivity index (χ0) is 20.5. The second-order valence-corrected chi connectivity index (χ2v) is 7.20. The molecule has 0 radical (unpaired) electrons. The summed E-state index contributed by atoms with van der Waals surface area (Å²) in [5.74, 6) is -1.82. The van der Waals surface area contributed by atoms with Crippen molar-refractivity contribution < 1.29 is 19.5 Å². The van der Waals surface area contributed by atoms with Gasteiger partial charge in [0.05, 0.1) is 5.92 Å². The SMILES string of the molecule is CC(CNC(=O)CCc1ccccc1NC(=O)Nc1ccc(Br)cc1)C(=O)O. The Morgan fingerprint density at radius 1 is 1.04 bits per heavy atom. The predicted molar refractivity (Wildman–Crippen MR) is 111 cm³/mol. The number of urea groups is 1. The molecule has 2 aromatic carbocycles. The van der Waals surface area contributed by atoms with E-state index in [1.807, 2.05) is 24.3 Å². The number of benzene rings is 2. The maximum atomic E-state index is 12.2. The fourth-order valence-electron chi connectivity index (χ4n) is 2.37. The van der Waals surface area contributed by atoms with Crippen LogP contribution in [0.4, 0.5) is 16.2 Å². The smallest absolute Gasteiger partial charge is 0.323 e. The van der Waals surface area contributed by atoms with Crippen molar-refractivity contribution in [3.8, 4) is 0 Å². The molecule has 0 saturated heterocycles. The summed E-state index contributed by atoms with van der Waals surface area (Å²) in [5.41, 5.74) is 2.09. The van der Waals surface area contributed by atoms with Gasteiger partial charge in [-0.1, -0.05) is 41.1 Å². The highest BCUT2D eigenvalue weighted by molar-refractivity contribution is 9.10. The van der Waals surface area contributed by atoms with Gasteiger partial charge in [0.1, 0.15) is 0 Å². The lowest BCUT2D eigenvalue weighted by Gasteiger charge is -2.13. The Bertz CT molecular complexity index is 840. The molecule has 0 aromatic heterocycles. The maximum Gasteiger partial charge on any atom is 0.323 e. The highest BCUT2D eigenvalue weighted by Gasteiger charge is 2.13. The highest BCUT2D eigenvalue weighted by atomic mass is 79.9. The molecule has 0 aliphatic rings. The third kappa shape index (κ3) is 7.03. The van der Waals surface area contributed by atoms with Crippen LogP contribution in [0.3, 0.4) is 0 Å². The predicted octanol–water partition coefficient (Wildman–Crippen LogP) is 3.86. The minimum absolute atomic E-state index is 0.0870. The first-order valence-corrected chi connectivity index (χ1v) is 9.55. The van der Waals surface area contributed by atoms with E-state index in [2.05, 4.69) is 31.9 Å². The third-order valence-corrected chi connectivity index (χ3v) is 4.54. The highest BCUT2D eigenvalue weighted by Crippen LogP contribution is 2.18. The molecule has 0 heterocycles. The van der Waals surface area contributed by atoms with Crippen molar-refractivity contribution in [1.29, 1.82) is 0 Å². The number of carbonyl (C=O) groups is 3. The molecular weight excluding hydrogens is 426 g/mol. The van der Waals surface area contributed by atoms with Gasteiger partial charge in [-0.3, -0.25) is 9.59 Å². The van der Waals surface area contributed by atoms with Gasteiger partial charge in [-0.05, 0) is 42.3 Å². The van der Waals surface area contributed by atoms with Crippen molar-refractivity contribution in [3.05, 3.63) is 58.6 Å². The average Bonchev–Trinajstić information content (AvgIpc) is 2.67. The molecule has 0 spiro atoms. The summed E-state index contributed by atoms with van der Waals surface area (Å²) in [6.45, 7) is 1.62. The number of aliphatic carboxylic acids is 1. The molecule has 0 aliphatic heterocycles. The minimum atomic E-state index is -0.952. The topological polar surface area (TPSA) is 108 Å². The van der Waals surface area contributed by atoms with E-state index in [1.165, 1.54) is 6.92 Å². The van der Waals surface area contributed by atoms with E-state index in [9.17, 15) is 14.4 Å². The van der Waals surface area contributed by atoms with Gasteiger partial charge in [-0.2, -0.15) is 0 Å². The Balaban J connectivity index is 1.89. The van der Waals surface area contributed by atoms with Crippen LogP contribution in [0, 0.1) is 5.92 Å². The number of anilines is 2. The molecule has 28 heavy (non-hydrogen) atoms. The Kier molecular flexibility index (Phi) is 8.01. The number of carboxylic acid groups (broad SMARTS) is 1. The zero-order valence-corrected chi connectivity index (χ0v) is 17.0. The molecule has 8 heteroatoms. The number of halogens is 1. The minimum Gasteiger partial charge on any atom is -0.481 e. The Morgan fingerprint density at radius 3 is 2.39 bits per heavy atom. The molecule has 2 rings (SSSR count). The van der Waals surface area contributed by atoms with Crippen LogP contribution in [0.25, 0.3) is 0 Å². The summed E-state index contributed by atoms with van der Waals surface area (Å²) >= 11 is 3.34. The van der Waals surface area contributed by atoms with Gasteiger partial charge in [0, 0.05) is 28.8 Å². The van der Waals surface area contributed by atoms with Crippen LogP contribution >= 0.6 is 15.9 Å². The van der Waals surface area contributed by atoms with Crippen LogP contribution in [0.15, 0.2) is 53.0 Å². The molecule has 0 bridgehead atoms. The summed E-state index contributed by atoms with van der Waals surface area (Å²) in [6.07, 6.45) is 0.612. The Hall–Kier alpha value is -2.87. The van der Waals surface area contributed by atoms with Crippen LogP contribution in [-0.4, -0.2) is 29.6 Å². The summed E-state index contributed by atoms with van der Waals surface area (Å²) < 4.78 is 0.917. The number of amides is 3. The van der Waals surface area contributed by atoms with Crippen molar-refractivity contribution >= 4 is 45.2 Å². The zero-order valence-electron chi connectivity index (χ0n) is 15.4. The molecule has 0 saturated carbocycles. The van der Waals surface area contributed by atoms with Gasteiger partial charge < -0.3 is 21.1 Å². The molecule has 0 aliphatic carbocycles. The van der Waals surface area contributed by atoms with Crippen LogP contribution in [0.1, 0.15) is 18.9 Å². The van der Waals surface area contributed by atoms with Crippen molar-refractivity contribution in [2.75, 3.05) is 17.2 Å². The first-order chi connectivity index (χ1) is 13.3. The number of rotatable bonds is 8. The summed E-state index contributed by atoms with van der Waals surface area (Å²) in [6, 6.07) is 14.1. The number of hydrogen-bond acceptors (Lipinski definition) is 3. The number of carboxylic acids is 1. The van der Waals surface area contributed by atoms with E-state index in [0.717, 1.165) is 10.0 Å². The van der Waals surface area contributed by atoms with Crippen molar-refractivity contribution in [2.24, 2.45) is 5.92 Å². The lowest BCUT2D eigenvalue weighted by molar-refractivity contribution is -0.141. The summed E-state index contributed by atoms with van der Waals surface area (Å²) in [4.78, 5) is 35.0. The Labute approximate surface area is 171 Å². The van der Waals surface area contributed by atoms with E-state index in [0.29, 0.717) is 17.8 Å². The van der Waals surface area contributed by atoms with Gasteiger partial charge in [-0.25, -0.2) is 4.79 Å². The number of hydrogen-bond donors (Lipinski definition) is 4. The van der Waals surface area contributed by atoms with Gasteiger partial charge in [0.2, 0.25) is 5.91 Å². The van der Waals surface area contributed by atoms with Crippen molar-refractivity contribution in [2.45, 2.75) is 19.8 Å². The Morgan fingerprint density at radius 2 is 1.71 bits per heavy atom. The molecule has 1 atom stereocenters. The van der Waals surface area contributed by atoms with E-state index in [-0.39, 0.29) is 24.9 Å². The maximum absolute atomic E-state index is 12.2. The van der Waals surface area contributed by atoms with Crippen molar-refractivity contribution in [3.63, 3.8) is 0 Å². The monoisotopic (exact) mass is 447 g/mol. The lowest BCUT2D eigenvalue weighted by atomic mass is 10.1. The molecule has 1 unspecified atom stereocenters. The molecule has 2 aromatic rings. The normalized spacial score (nSPS) is 11.4. The summed E-state index contributed by atoms with van der Waals surface area (Å²) in [5, 5.41) is 17.0. The van der Waals surface area contributed by atoms with Gasteiger partial charge >= 0.3 is 12.0 Å². The molecule has 7 nitrogen and oxygen atoms in total. The molecule has 3 amide bonds. The largest absolute Gasteiger partial charge is 0.481 e. The average molecular weight is 448 g/mol. The third-order valence-electron chi connectivity index (χ3n) is 4.02. The molecule has 0 fully saturated rings. The second-order valence-electron chi connectivity index (χ2n) is 6.29. The second kappa shape index (κ2) is 10.5. The van der Waals surface area contributed by atoms with Crippen molar-refractivity contribution in [1.82, 2.24) is 5.32 Å². The molecular formula is C20H22BrN3O4. The first kappa shape index (κ1) is 21.4. The van der Waals surface area contributed by atoms with E-state index in [4.69, 9.17) is 5.11 Å². The number of nitrogens with one attached hydrogen (secondary N) is 3. The van der Waals surface area contributed by atoms with Crippen LogP contribution in [0.2, 0.25) is 0 Å². The van der Waals surface area contributed by atoms with E-state index >= 15 is 0 Å². The molecule has 4 N–H and O–H groups in total. The van der Waals surface area contributed by atoms with Crippen LogP contribution in [0.5, 0.6) is 0 Å². The van der Waals surface area contributed by atoms with Gasteiger partial charge in [0.25, 0.3) is 0 Å². The van der Waals surface area contributed by atoms with Gasteiger partial charge in [0.15, 0.2) is 0 Å². The number of carbonyl (C=O) groups excluding carboxylic acids is 2. The number of para-hydroxylation sites is 1. The quantitative estimate of drug-likeness (QED) is 0.492. The number of aryl methyl sites for hydroxylation is 1. The summed E-state index contributed by atoms with van der Waals surface area (Å²) in [7, 11) is 0. The lowest BCUT2D eigenvalue weighted by Crippen LogP contribution is -2.31. The fraction of sp³-hybridized carbons (Fsp3) is 0.250. The first-order valence-electron chi connectivity index (χ1n) is 8.76. The standard InChI is InChI=1S/C20H22BrN3O4/c1-13(19(26)27)12-22-18(25)11-6-14-4-2-3-5-17(14)24-20(28)23-16-9-7-15(21)8-10-16/h2-5,7-10,13H,6,11-12H2,1H3,(H,22,25)(H,26,27)(H2,23,24,28). The fourth-order valence-corrected chi connectivity index (χ4v) is 2.63. The van der Waals surface area contributed by atoms with Gasteiger partial charge in [-0.15, -0.1) is 0 Å².